The average Bonchev–Trinajstić information content (AvgIpc) is 2.42. The molecule has 0 bridgehead atoms. The van der Waals surface area contributed by atoms with E-state index >= 15 is 0 Å². The largest absolute Gasteiger partial charge is 0.320 e. The van der Waals surface area contributed by atoms with Crippen LogP contribution in [0.1, 0.15) is 16.1 Å². The quantitative estimate of drug-likeness (QED) is 0.687. The van der Waals surface area contributed by atoms with Crippen molar-refractivity contribution in [2.24, 2.45) is 0 Å². The lowest BCUT2D eigenvalue weighted by molar-refractivity contribution is 0.102. The number of thioether (sulfide) groups is 1. The van der Waals surface area contributed by atoms with Crippen LogP contribution < -0.4 is 5.32 Å². The number of aryl methyl sites for hydroxylation is 1. The van der Waals surface area contributed by atoms with Crippen LogP contribution in [-0.4, -0.2) is 22.1 Å². The lowest BCUT2D eigenvalue weighted by Gasteiger charge is -2.09. The van der Waals surface area contributed by atoms with E-state index in [0.717, 1.165) is 11.3 Å². The number of nitrogens with one attached hydrogen (secondary N) is 1. The Morgan fingerprint density at radius 2 is 2.11 bits per heavy atom. The van der Waals surface area contributed by atoms with Crippen LogP contribution in [0.15, 0.2) is 40.1 Å². The number of nitrogens with zero attached hydrogens (tertiary/aromatic N) is 2. The van der Waals surface area contributed by atoms with Crippen LogP contribution in [0.3, 0.4) is 0 Å². The van der Waals surface area contributed by atoms with E-state index in [9.17, 15) is 4.79 Å². The van der Waals surface area contributed by atoms with E-state index in [4.69, 9.17) is 0 Å². The second-order valence-electron chi connectivity index (χ2n) is 3.82. The van der Waals surface area contributed by atoms with Crippen molar-refractivity contribution in [3.8, 4) is 0 Å². The first kappa shape index (κ1) is 14.0. The summed E-state index contributed by atoms with van der Waals surface area (Å²) < 4.78 is 0.580. The maximum atomic E-state index is 12.2. The molecule has 19 heavy (non-hydrogen) atoms. The molecule has 1 aromatic heterocycles. The van der Waals surface area contributed by atoms with E-state index in [2.05, 4.69) is 31.2 Å². The maximum Gasteiger partial charge on any atom is 0.275 e. The lowest BCUT2D eigenvalue weighted by atomic mass is 10.2. The highest BCUT2D eigenvalue weighted by molar-refractivity contribution is 9.10. The van der Waals surface area contributed by atoms with Crippen molar-refractivity contribution in [1.29, 1.82) is 0 Å². The van der Waals surface area contributed by atoms with Crippen molar-refractivity contribution in [3.05, 3.63) is 46.2 Å². The molecule has 2 aromatic rings. The van der Waals surface area contributed by atoms with E-state index in [-0.39, 0.29) is 5.91 Å². The SMILES string of the molecule is CSc1ncc(Br)c(C(=O)Nc2ccccc2C)n1. The maximum absolute atomic E-state index is 12.2. The summed E-state index contributed by atoms with van der Waals surface area (Å²) >= 11 is 4.69. The van der Waals surface area contributed by atoms with Gasteiger partial charge in [-0.3, -0.25) is 4.79 Å². The first-order valence-electron chi connectivity index (χ1n) is 5.55. The molecule has 6 heteroatoms. The molecule has 1 aromatic carbocycles. The summed E-state index contributed by atoms with van der Waals surface area (Å²) in [6.07, 6.45) is 3.46. The van der Waals surface area contributed by atoms with Gasteiger partial charge in [0.15, 0.2) is 5.16 Å². The molecule has 4 nitrogen and oxygen atoms in total. The Morgan fingerprint density at radius 3 is 2.79 bits per heavy atom. The number of benzene rings is 1. The minimum absolute atomic E-state index is 0.251. The lowest BCUT2D eigenvalue weighted by Crippen LogP contribution is -2.15. The summed E-state index contributed by atoms with van der Waals surface area (Å²) in [4.78, 5) is 20.5. The number of anilines is 1. The fraction of sp³-hybridized carbons (Fsp3) is 0.154. The molecule has 0 saturated carbocycles. The first-order chi connectivity index (χ1) is 9.11. The van der Waals surface area contributed by atoms with Crippen LogP contribution in [0.5, 0.6) is 0 Å². The highest BCUT2D eigenvalue weighted by atomic mass is 79.9. The summed E-state index contributed by atoms with van der Waals surface area (Å²) in [5, 5.41) is 3.42. The number of halogens is 1. The monoisotopic (exact) mass is 337 g/mol. The van der Waals surface area contributed by atoms with Gasteiger partial charge in [-0.2, -0.15) is 0 Å². The minimum atomic E-state index is -0.251. The van der Waals surface area contributed by atoms with Crippen LogP contribution in [0.2, 0.25) is 0 Å². The van der Waals surface area contributed by atoms with Gasteiger partial charge in [-0.25, -0.2) is 9.97 Å². The zero-order chi connectivity index (χ0) is 13.8. The van der Waals surface area contributed by atoms with Crippen LogP contribution in [0.25, 0.3) is 0 Å². The van der Waals surface area contributed by atoms with Gasteiger partial charge in [0.2, 0.25) is 0 Å². The minimum Gasteiger partial charge on any atom is -0.320 e. The summed E-state index contributed by atoms with van der Waals surface area (Å²) in [6, 6.07) is 7.61. The van der Waals surface area contributed by atoms with Gasteiger partial charge in [0.25, 0.3) is 5.91 Å². The van der Waals surface area contributed by atoms with Crippen LogP contribution in [0, 0.1) is 6.92 Å². The van der Waals surface area contributed by atoms with Gasteiger partial charge in [0.1, 0.15) is 5.69 Å². The molecule has 98 valence electrons. The Kier molecular flexibility index (Phi) is 4.55. The van der Waals surface area contributed by atoms with E-state index in [0.29, 0.717) is 15.3 Å². The van der Waals surface area contributed by atoms with Gasteiger partial charge in [-0.15, -0.1) is 0 Å². The van der Waals surface area contributed by atoms with Gasteiger partial charge in [-0.05, 0) is 40.7 Å². The normalized spacial score (nSPS) is 10.3. The van der Waals surface area contributed by atoms with E-state index < -0.39 is 0 Å². The summed E-state index contributed by atoms with van der Waals surface area (Å²) in [5.74, 6) is -0.251. The number of amides is 1. The Labute approximate surface area is 124 Å². The molecule has 1 N–H and O–H groups in total. The zero-order valence-corrected chi connectivity index (χ0v) is 12.9. The highest BCUT2D eigenvalue weighted by Crippen LogP contribution is 2.20. The second kappa shape index (κ2) is 6.16. The molecule has 1 amide bonds. The van der Waals surface area contributed by atoms with Crippen molar-refractivity contribution >= 4 is 39.3 Å². The molecule has 1 heterocycles. The number of hydrogen-bond acceptors (Lipinski definition) is 4. The van der Waals surface area contributed by atoms with Gasteiger partial charge < -0.3 is 5.32 Å². The second-order valence-corrected chi connectivity index (χ2v) is 5.45. The number of para-hydroxylation sites is 1. The standard InChI is InChI=1S/C13H12BrN3OS/c1-8-5-3-4-6-10(8)16-12(18)11-9(14)7-15-13(17-11)19-2/h3-7H,1-2H3,(H,16,18). The van der Waals surface area contributed by atoms with Crippen molar-refractivity contribution in [1.82, 2.24) is 9.97 Å². The predicted octanol–water partition coefficient (Wildman–Crippen LogP) is 3.52. The zero-order valence-electron chi connectivity index (χ0n) is 10.5. The predicted molar refractivity (Wildman–Crippen MR) is 80.6 cm³/mol. The number of rotatable bonds is 3. The Bertz CT molecular complexity index is 619. The topological polar surface area (TPSA) is 54.9 Å². The van der Waals surface area contributed by atoms with Crippen molar-refractivity contribution < 1.29 is 4.79 Å². The fourth-order valence-corrected chi connectivity index (χ4v) is 2.21. The summed E-state index contributed by atoms with van der Waals surface area (Å²) in [6.45, 7) is 1.94. The molecular weight excluding hydrogens is 326 g/mol. The average molecular weight is 338 g/mol. The Morgan fingerprint density at radius 1 is 1.37 bits per heavy atom. The first-order valence-corrected chi connectivity index (χ1v) is 7.57. The van der Waals surface area contributed by atoms with E-state index in [1.54, 1.807) is 6.20 Å². The van der Waals surface area contributed by atoms with Gasteiger partial charge >= 0.3 is 0 Å². The summed E-state index contributed by atoms with van der Waals surface area (Å²) in [5.41, 5.74) is 2.12. The van der Waals surface area contributed by atoms with Crippen molar-refractivity contribution in [2.75, 3.05) is 11.6 Å². The van der Waals surface area contributed by atoms with E-state index in [1.165, 1.54) is 11.8 Å². The molecule has 2 rings (SSSR count). The number of aromatic nitrogens is 2. The van der Waals surface area contributed by atoms with Crippen LogP contribution in [0.4, 0.5) is 5.69 Å². The number of carbonyl (C=O) groups excluding carboxylic acids is 1. The molecule has 0 aliphatic carbocycles. The Balaban J connectivity index is 2.28. The van der Waals surface area contributed by atoms with Crippen LogP contribution in [-0.2, 0) is 0 Å². The third-order valence-electron chi connectivity index (χ3n) is 2.51. The Hall–Kier alpha value is -1.40. The van der Waals surface area contributed by atoms with Crippen molar-refractivity contribution in [2.45, 2.75) is 12.1 Å². The molecule has 0 unspecified atom stereocenters. The third kappa shape index (κ3) is 3.33. The number of carbonyl (C=O) groups is 1. The molecule has 0 atom stereocenters. The highest BCUT2D eigenvalue weighted by Gasteiger charge is 2.14. The number of hydrogen-bond donors (Lipinski definition) is 1. The molecule has 0 aliphatic rings. The van der Waals surface area contributed by atoms with Gasteiger partial charge in [0.05, 0.1) is 4.47 Å². The molecule has 0 aliphatic heterocycles. The molecule has 0 radical (unpaired) electrons. The molecule has 0 saturated heterocycles. The van der Waals surface area contributed by atoms with Gasteiger partial charge in [-0.1, -0.05) is 30.0 Å². The third-order valence-corrected chi connectivity index (χ3v) is 3.66. The smallest absolute Gasteiger partial charge is 0.275 e. The van der Waals surface area contributed by atoms with Crippen molar-refractivity contribution in [3.63, 3.8) is 0 Å². The van der Waals surface area contributed by atoms with E-state index in [1.807, 2.05) is 37.4 Å². The molecule has 0 fully saturated rings. The van der Waals surface area contributed by atoms with Gasteiger partial charge in [0, 0.05) is 11.9 Å². The molecular formula is C13H12BrN3OS. The summed E-state index contributed by atoms with van der Waals surface area (Å²) in [7, 11) is 0. The fourth-order valence-electron chi connectivity index (χ4n) is 1.50. The molecule has 0 spiro atoms. The van der Waals surface area contributed by atoms with Crippen LogP contribution >= 0.6 is 27.7 Å².